The minimum absolute atomic E-state index is 0.216. The molecule has 1 N–H and O–H groups in total. The number of hydrogen-bond donors (Lipinski definition) is 1. The van der Waals surface area contributed by atoms with Gasteiger partial charge in [0.25, 0.3) is 0 Å². The fourth-order valence-corrected chi connectivity index (χ4v) is 4.17. The van der Waals surface area contributed by atoms with E-state index in [1.54, 1.807) is 23.9 Å². The van der Waals surface area contributed by atoms with E-state index in [0.717, 1.165) is 22.5 Å². The molecule has 0 bridgehead atoms. The number of hydrogen-bond acceptors (Lipinski definition) is 4. The lowest BCUT2D eigenvalue weighted by Crippen LogP contribution is -2.41. The van der Waals surface area contributed by atoms with Gasteiger partial charge in [0.15, 0.2) is 0 Å². The molecule has 0 saturated heterocycles. The minimum atomic E-state index is -3.55. The Hall–Kier alpha value is -1.99. The summed E-state index contributed by atoms with van der Waals surface area (Å²) in [7, 11) is -3.55. The van der Waals surface area contributed by atoms with Gasteiger partial charge in [-0.15, -0.1) is 11.8 Å². The van der Waals surface area contributed by atoms with E-state index in [0.29, 0.717) is 18.7 Å². The molecule has 2 rings (SSSR count). The molecule has 26 heavy (non-hydrogen) atoms. The summed E-state index contributed by atoms with van der Waals surface area (Å²) in [6, 6.07) is 17.2. The fraction of sp³-hybridized carbons (Fsp3) is 0.316. The summed E-state index contributed by atoms with van der Waals surface area (Å²) < 4.78 is 25.6. The molecule has 0 unspecified atom stereocenters. The van der Waals surface area contributed by atoms with Crippen molar-refractivity contribution < 1.29 is 13.2 Å². The Kier molecular flexibility index (Phi) is 7.53. The quantitative estimate of drug-likeness (QED) is 0.526. The number of amides is 1. The van der Waals surface area contributed by atoms with Crippen LogP contribution in [0.25, 0.3) is 0 Å². The number of carbonyl (C=O) groups excluding carboxylic acids is 1. The van der Waals surface area contributed by atoms with E-state index in [-0.39, 0.29) is 12.5 Å². The van der Waals surface area contributed by atoms with Gasteiger partial charge in [-0.1, -0.05) is 43.3 Å². The molecule has 0 aliphatic carbocycles. The number of benzene rings is 2. The molecule has 1 amide bonds. The van der Waals surface area contributed by atoms with E-state index in [1.807, 2.05) is 49.4 Å². The number of nitrogens with zero attached hydrogens (tertiary/aromatic N) is 1. The Bertz CT molecular complexity index is 824. The van der Waals surface area contributed by atoms with Crippen molar-refractivity contribution in [3.8, 4) is 0 Å². The second-order valence-corrected chi connectivity index (χ2v) is 8.84. The average molecular weight is 393 g/mol. The van der Waals surface area contributed by atoms with Crippen LogP contribution >= 0.6 is 11.8 Å². The maximum absolute atomic E-state index is 12.3. The first kappa shape index (κ1) is 20.3. The van der Waals surface area contributed by atoms with Crippen molar-refractivity contribution in [1.82, 2.24) is 5.32 Å². The van der Waals surface area contributed by atoms with Crippen LogP contribution < -0.4 is 9.62 Å². The number of anilines is 1. The lowest BCUT2D eigenvalue weighted by Gasteiger charge is -2.24. The van der Waals surface area contributed by atoms with Crippen LogP contribution in [0.2, 0.25) is 0 Å². The third-order valence-corrected chi connectivity index (χ3v) is 5.91. The highest BCUT2D eigenvalue weighted by Gasteiger charge is 2.22. The van der Waals surface area contributed by atoms with Gasteiger partial charge in [-0.2, -0.15) is 0 Å². The van der Waals surface area contributed by atoms with Crippen LogP contribution in [-0.4, -0.2) is 39.4 Å². The maximum atomic E-state index is 12.3. The highest BCUT2D eigenvalue weighted by molar-refractivity contribution is 7.99. The van der Waals surface area contributed by atoms with Crippen LogP contribution in [-0.2, 0) is 21.2 Å². The smallest absolute Gasteiger partial charge is 0.240 e. The zero-order valence-corrected chi connectivity index (χ0v) is 16.6. The SMILES string of the molecule is CCc1ccccc1N(CC(=O)NCCSc1ccccc1)S(C)(=O)=O. The predicted molar refractivity (Wildman–Crippen MR) is 108 cm³/mol. The van der Waals surface area contributed by atoms with Gasteiger partial charge in [0.2, 0.25) is 15.9 Å². The fourth-order valence-electron chi connectivity index (χ4n) is 2.50. The summed E-state index contributed by atoms with van der Waals surface area (Å²) >= 11 is 1.64. The van der Waals surface area contributed by atoms with Crippen molar-refractivity contribution >= 4 is 33.4 Å². The third-order valence-electron chi connectivity index (χ3n) is 3.76. The molecule has 0 heterocycles. The second-order valence-electron chi connectivity index (χ2n) is 5.76. The van der Waals surface area contributed by atoms with E-state index < -0.39 is 10.0 Å². The summed E-state index contributed by atoms with van der Waals surface area (Å²) in [6.45, 7) is 2.22. The van der Waals surface area contributed by atoms with Gasteiger partial charge in [0, 0.05) is 17.2 Å². The molecule has 140 valence electrons. The van der Waals surface area contributed by atoms with Gasteiger partial charge in [0.1, 0.15) is 6.54 Å². The van der Waals surface area contributed by atoms with E-state index in [1.165, 1.54) is 4.31 Å². The normalized spacial score (nSPS) is 11.2. The summed E-state index contributed by atoms with van der Waals surface area (Å²) in [5, 5.41) is 2.80. The number of sulfonamides is 1. The molecule has 5 nitrogen and oxygen atoms in total. The lowest BCUT2D eigenvalue weighted by molar-refractivity contribution is -0.119. The van der Waals surface area contributed by atoms with Crippen molar-refractivity contribution in [1.29, 1.82) is 0 Å². The predicted octanol–water partition coefficient (Wildman–Crippen LogP) is 2.92. The van der Waals surface area contributed by atoms with Gasteiger partial charge in [0.05, 0.1) is 11.9 Å². The van der Waals surface area contributed by atoms with Crippen LogP contribution in [0.4, 0.5) is 5.69 Å². The molecule has 0 fully saturated rings. The standard InChI is InChI=1S/C19H24N2O3S2/c1-3-16-9-7-8-12-18(16)21(26(2,23)24)15-19(22)20-13-14-25-17-10-5-4-6-11-17/h4-12H,3,13-15H2,1-2H3,(H,20,22). The molecule has 0 spiro atoms. The van der Waals surface area contributed by atoms with Crippen molar-refractivity contribution in [2.75, 3.05) is 29.4 Å². The monoisotopic (exact) mass is 392 g/mol. The molecule has 0 atom stereocenters. The van der Waals surface area contributed by atoms with Gasteiger partial charge < -0.3 is 5.32 Å². The van der Waals surface area contributed by atoms with E-state index in [4.69, 9.17) is 0 Å². The van der Waals surface area contributed by atoms with Gasteiger partial charge >= 0.3 is 0 Å². The summed E-state index contributed by atoms with van der Waals surface area (Å²) in [5.74, 6) is 0.412. The lowest BCUT2D eigenvalue weighted by atomic mass is 10.1. The van der Waals surface area contributed by atoms with Crippen molar-refractivity contribution in [2.45, 2.75) is 18.2 Å². The molecule has 0 radical (unpaired) electrons. The van der Waals surface area contributed by atoms with E-state index in [9.17, 15) is 13.2 Å². The molecule has 0 aromatic heterocycles. The van der Waals surface area contributed by atoms with Crippen LogP contribution in [0.5, 0.6) is 0 Å². The zero-order valence-electron chi connectivity index (χ0n) is 15.0. The highest BCUT2D eigenvalue weighted by atomic mass is 32.2. The number of carbonyl (C=O) groups is 1. The molecule has 0 aliphatic heterocycles. The topological polar surface area (TPSA) is 66.5 Å². The molecule has 2 aromatic rings. The van der Waals surface area contributed by atoms with Crippen LogP contribution in [0, 0.1) is 0 Å². The number of nitrogens with one attached hydrogen (secondary N) is 1. The first-order chi connectivity index (χ1) is 12.4. The third kappa shape index (κ3) is 6.07. The molecular formula is C19H24N2O3S2. The molecule has 0 saturated carbocycles. The Morgan fingerprint density at radius 2 is 1.73 bits per heavy atom. The largest absolute Gasteiger partial charge is 0.354 e. The maximum Gasteiger partial charge on any atom is 0.240 e. The van der Waals surface area contributed by atoms with Crippen molar-refractivity contribution in [2.24, 2.45) is 0 Å². The Balaban J connectivity index is 1.95. The summed E-state index contributed by atoms with van der Waals surface area (Å²) in [6.07, 6.45) is 1.81. The molecule has 7 heteroatoms. The highest BCUT2D eigenvalue weighted by Crippen LogP contribution is 2.23. The Morgan fingerprint density at radius 3 is 2.38 bits per heavy atom. The summed E-state index contributed by atoms with van der Waals surface area (Å²) in [5.41, 5.74) is 1.46. The second kappa shape index (κ2) is 9.64. The van der Waals surface area contributed by atoms with E-state index in [2.05, 4.69) is 5.32 Å². The molecule has 2 aromatic carbocycles. The Labute approximate surface area is 159 Å². The Morgan fingerprint density at radius 1 is 1.08 bits per heavy atom. The van der Waals surface area contributed by atoms with Crippen LogP contribution in [0.15, 0.2) is 59.5 Å². The van der Waals surface area contributed by atoms with Crippen molar-refractivity contribution in [3.05, 3.63) is 60.2 Å². The first-order valence-corrected chi connectivity index (χ1v) is 11.3. The van der Waals surface area contributed by atoms with Gasteiger partial charge in [-0.05, 0) is 30.2 Å². The first-order valence-electron chi connectivity index (χ1n) is 8.42. The number of thioether (sulfide) groups is 1. The minimum Gasteiger partial charge on any atom is -0.354 e. The van der Waals surface area contributed by atoms with Gasteiger partial charge in [-0.3, -0.25) is 9.10 Å². The number of para-hydroxylation sites is 1. The van der Waals surface area contributed by atoms with Crippen LogP contribution in [0.1, 0.15) is 12.5 Å². The number of aryl methyl sites for hydroxylation is 1. The molecular weight excluding hydrogens is 368 g/mol. The van der Waals surface area contributed by atoms with Crippen molar-refractivity contribution in [3.63, 3.8) is 0 Å². The number of rotatable bonds is 9. The average Bonchev–Trinajstić information content (AvgIpc) is 2.63. The van der Waals surface area contributed by atoms with Gasteiger partial charge in [-0.25, -0.2) is 8.42 Å². The van der Waals surface area contributed by atoms with Crippen LogP contribution in [0.3, 0.4) is 0 Å². The zero-order chi connectivity index (χ0) is 19.0. The van der Waals surface area contributed by atoms with E-state index >= 15 is 0 Å². The summed E-state index contributed by atoms with van der Waals surface area (Å²) in [4.78, 5) is 13.4. The molecule has 0 aliphatic rings.